The topological polar surface area (TPSA) is 71.3 Å². The first kappa shape index (κ1) is 10.9. The molecule has 0 aliphatic carbocycles. The lowest BCUT2D eigenvalue weighted by molar-refractivity contribution is -0.405. The lowest BCUT2D eigenvalue weighted by Crippen LogP contribution is -2.39. The zero-order valence-electron chi connectivity index (χ0n) is 8.63. The van der Waals surface area contributed by atoms with Gasteiger partial charge >= 0.3 is 0 Å². The Morgan fingerprint density at radius 2 is 2.62 bits per heavy atom. The van der Waals surface area contributed by atoms with E-state index in [4.69, 9.17) is 0 Å². The minimum atomic E-state index is -0.423. The van der Waals surface area contributed by atoms with Crippen LogP contribution in [0.1, 0.15) is 11.3 Å². The van der Waals surface area contributed by atoms with Gasteiger partial charge in [0, 0.05) is 24.2 Å². The van der Waals surface area contributed by atoms with Crippen LogP contribution in [0.5, 0.6) is 0 Å². The molecule has 1 aliphatic heterocycles. The summed E-state index contributed by atoms with van der Waals surface area (Å²) in [6, 6.07) is 0. The van der Waals surface area contributed by atoms with Gasteiger partial charge in [-0.3, -0.25) is 15.1 Å². The molecule has 86 valence electrons. The molecule has 1 fully saturated rings. The van der Waals surface area contributed by atoms with Gasteiger partial charge < -0.3 is 10.2 Å². The van der Waals surface area contributed by atoms with Gasteiger partial charge in [-0.05, 0) is 6.42 Å². The van der Waals surface area contributed by atoms with Crippen molar-refractivity contribution in [1.29, 1.82) is 0 Å². The highest BCUT2D eigenvalue weighted by molar-refractivity contribution is 7.09. The molecule has 0 radical (unpaired) electrons. The van der Waals surface area contributed by atoms with Crippen LogP contribution in [0.3, 0.4) is 0 Å². The van der Waals surface area contributed by atoms with E-state index in [1.807, 2.05) is 4.90 Å². The summed E-state index contributed by atoms with van der Waals surface area (Å²) < 4.78 is 0. The van der Waals surface area contributed by atoms with E-state index in [2.05, 4.69) is 10.3 Å². The van der Waals surface area contributed by atoms with Crippen LogP contribution in [0, 0.1) is 10.1 Å². The SMILES string of the molecule is O=[N+]([O-])C=C1NCCCN1Cc1cncs1. The lowest BCUT2D eigenvalue weighted by Gasteiger charge is -2.30. The van der Waals surface area contributed by atoms with Crippen molar-refractivity contribution in [3.8, 4) is 0 Å². The van der Waals surface area contributed by atoms with Crippen LogP contribution in [0.4, 0.5) is 0 Å². The number of nitrogens with one attached hydrogen (secondary N) is 1. The lowest BCUT2D eigenvalue weighted by atomic mass is 10.3. The zero-order chi connectivity index (χ0) is 11.4. The highest BCUT2D eigenvalue weighted by Gasteiger charge is 2.17. The first-order chi connectivity index (χ1) is 7.75. The number of aromatic nitrogens is 1. The highest BCUT2D eigenvalue weighted by Crippen LogP contribution is 2.15. The zero-order valence-corrected chi connectivity index (χ0v) is 9.44. The quantitative estimate of drug-likeness (QED) is 0.630. The summed E-state index contributed by atoms with van der Waals surface area (Å²) in [5, 5.41) is 13.5. The van der Waals surface area contributed by atoms with Crippen molar-refractivity contribution in [2.75, 3.05) is 13.1 Å². The predicted octanol–water partition coefficient (Wildman–Crippen LogP) is 1.01. The third kappa shape index (κ3) is 2.69. The fourth-order valence-corrected chi connectivity index (χ4v) is 2.23. The van der Waals surface area contributed by atoms with Crippen molar-refractivity contribution in [1.82, 2.24) is 15.2 Å². The van der Waals surface area contributed by atoms with Gasteiger partial charge in [0.05, 0.1) is 17.0 Å². The minimum Gasteiger partial charge on any atom is -0.367 e. The second kappa shape index (κ2) is 4.93. The van der Waals surface area contributed by atoms with E-state index in [1.54, 1.807) is 23.0 Å². The van der Waals surface area contributed by atoms with Crippen LogP contribution in [-0.4, -0.2) is 27.9 Å². The maximum absolute atomic E-state index is 10.5. The Morgan fingerprint density at radius 3 is 3.31 bits per heavy atom. The summed E-state index contributed by atoms with van der Waals surface area (Å²) in [5.41, 5.74) is 1.77. The molecule has 0 atom stereocenters. The molecule has 0 saturated carbocycles. The maximum Gasteiger partial charge on any atom is 0.274 e. The summed E-state index contributed by atoms with van der Waals surface area (Å²) in [4.78, 5) is 17.1. The Hall–Kier alpha value is -1.63. The van der Waals surface area contributed by atoms with E-state index in [1.165, 1.54) is 0 Å². The molecule has 1 aliphatic rings. The average Bonchev–Trinajstić information content (AvgIpc) is 2.73. The van der Waals surface area contributed by atoms with Gasteiger partial charge in [0.1, 0.15) is 0 Å². The molecule has 2 rings (SSSR count). The van der Waals surface area contributed by atoms with E-state index in [-0.39, 0.29) is 0 Å². The van der Waals surface area contributed by atoms with E-state index in [0.29, 0.717) is 12.4 Å². The molecule has 2 heterocycles. The standard InChI is InChI=1S/C9H12N4O2S/c14-13(15)6-9-11-2-1-3-12(9)5-8-4-10-7-16-8/h4,6-7,11H,1-3,5H2. The van der Waals surface area contributed by atoms with Gasteiger partial charge in [-0.2, -0.15) is 0 Å². The highest BCUT2D eigenvalue weighted by atomic mass is 32.1. The molecule has 1 saturated heterocycles. The molecule has 1 aromatic rings. The van der Waals surface area contributed by atoms with Crippen molar-refractivity contribution >= 4 is 11.3 Å². The molecule has 0 unspecified atom stereocenters. The molecular formula is C9H12N4O2S. The Morgan fingerprint density at radius 1 is 1.75 bits per heavy atom. The molecule has 6 nitrogen and oxygen atoms in total. The molecule has 1 N–H and O–H groups in total. The van der Waals surface area contributed by atoms with E-state index >= 15 is 0 Å². The van der Waals surface area contributed by atoms with Gasteiger partial charge in [-0.25, -0.2) is 0 Å². The smallest absolute Gasteiger partial charge is 0.274 e. The molecule has 0 amide bonds. The fraction of sp³-hybridized carbons (Fsp3) is 0.444. The molecule has 0 spiro atoms. The van der Waals surface area contributed by atoms with Crippen LogP contribution in [0.15, 0.2) is 23.7 Å². The molecular weight excluding hydrogens is 228 g/mol. The number of hydrogen-bond acceptors (Lipinski definition) is 6. The van der Waals surface area contributed by atoms with Crippen molar-refractivity contribution in [3.63, 3.8) is 0 Å². The first-order valence-corrected chi connectivity index (χ1v) is 5.85. The van der Waals surface area contributed by atoms with E-state index in [0.717, 1.165) is 30.6 Å². The monoisotopic (exact) mass is 240 g/mol. The van der Waals surface area contributed by atoms with Crippen LogP contribution in [-0.2, 0) is 6.54 Å². The average molecular weight is 240 g/mol. The number of thiazole rings is 1. The molecule has 1 aromatic heterocycles. The third-order valence-electron chi connectivity index (χ3n) is 2.31. The summed E-state index contributed by atoms with van der Waals surface area (Å²) >= 11 is 1.56. The van der Waals surface area contributed by atoms with Gasteiger partial charge in [-0.1, -0.05) is 0 Å². The van der Waals surface area contributed by atoms with Gasteiger partial charge in [-0.15, -0.1) is 11.3 Å². The molecule has 0 aromatic carbocycles. The Labute approximate surface area is 96.7 Å². The van der Waals surface area contributed by atoms with Crippen molar-refractivity contribution in [3.05, 3.63) is 38.7 Å². The minimum absolute atomic E-state index is 0.423. The van der Waals surface area contributed by atoms with Crippen molar-refractivity contribution in [2.24, 2.45) is 0 Å². The summed E-state index contributed by atoms with van der Waals surface area (Å²) in [7, 11) is 0. The van der Waals surface area contributed by atoms with Crippen molar-refractivity contribution < 1.29 is 4.92 Å². The largest absolute Gasteiger partial charge is 0.367 e. The van der Waals surface area contributed by atoms with Crippen LogP contribution in [0.25, 0.3) is 0 Å². The molecule has 0 bridgehead atoms. The van der Waals surface area contributed by atoms with Crippen LogP contribution < -0.4 is 5.32 Å². The van der Waals surface area contributed by atoms with E-state index < -0.39 is 4.92 Å². The number of hydrogen-bond donors (Lipinski definition) is 1. The summed E-state index contributed by atoms with van der Waals surface area (Å²) in [5.74, 6) is 0.588. The molecule has 16 heavy (non-hydrogen) atoms. The predicted molar refractivity (Wildman–Crippen MR) is 60.2 cm³/mol. The normalized spacial score (nSPS) is 18.5. The first-order valence-electron chi connectivity index (χ1n) is 4.97. The second-order valence-corrected chi connectivity index (χ2v) is 4.44. The molecule has 7 heteroatoms. The van der Waals surface area contributed by atoms with Gasteiger partial charge in [0.15, 0.2) is 5.82 Å². The summed E-state index contributed by atoms with van der Waals surface area (Å²) in [6.45, 7) is 2.31. The Balaban J connectivity index is 2.08. The van der Waals surface area contributed by atoms with Gasteiger partial charge in [0.25, 0.3) is 6.20 Å². The second-order valence-electron chi connectivity index (χ2n) is 3.47. The van der Waals surface area contributed by atoms with Crippen LogP contribution in [0.2, 0.25) is 0 Å². The third-order valence-corrected chi connectivity index (χ3v) is 3.07. The van der Waals surface area contributed by atoms with Crippen LogP contribution >= 0.6 is 11.3 Å². The number of nitrogens with zero attached hydrogens (tertiary/aromatic N) is 3. The van der Waals surface area contributed by atoms with Gasteiger partial charge in [0.2, 0.25) is 0 Å². The Kier molecular flexibility index (Phi) is 3.35. The van der Waals surface area contributed by atoms with Crippen molar-refractivity contribution in [2.45, 2.75) is 13.0 Å². The number of nitro groups is 1. The maximum atomic E-state index is 10.5. The summed E-state index contributed by atoms with van der Waals surface area (Å²) in [6.07, 6.45) is 3.82. The fourth-order valence-electron chi connectivity index (χ4n) is 1.62. The Bertz CT molecular complexity index is 390. The van der Waals surface area contributed by atoms with E-state index in [9.17, 15) is 10.1 Å². The number of rotatable bonds is 3.